The summed E-state index contributed by atoms with van der Waals surface area (Å²) in [5.41, 5.74) is 2.77. The molecule has 0 aliphatic carbocycles. The molecule has 0 aliphatic rings. The standard InChI is InChI=1S/C16H16O3/c1-11(7-6-10-15(17)18-3)16-12(2)13-8-4-5-9-14(13)19-16/h4-6,8-10H,1,7H2,2-3H3/b10-6+. The van der Waals surface area contributed by atoms with Crippen LogP contribution in [0.25, 0.3) is 16.5 Å². The Bertz CT molecular complexity index is 647. The molecule has 2 aromatic rings. The molecule has 3 nitrogen and oxygen atoms in total. The lowest BCUT2D eigenvalue weighted by Crippen LogP contribution is -1.93. The van der Waals surface area contributed by atoms with E-state index in [1.807, 2.05) is 31.2 Å². The van der Waals surface area contributed by atoms with E-state index in [1.54, 1.807) is 6.08 Å². The number of carbonyl (C=O) groups is 1. The summed E-state index contributed by atoms with van der Waals surface area (Å²) in [5, 5.41) is 1.09. The van der Waals surface area contributed by atoms with Crippen molar-refractivity contribution >= 4 is 22.5 Å². The first-order valence-electron chi connectivity index (χ1n) is 6.04. The van der Waals surface area contributed by atoms with Crippen molar-refractivity contribution in [1.29, 1.82) is 0 Å². The van der Waals surface area contributed by atoms with Gasteiger partial charge in [-0.25, -0.2) is 4.79 Å². The van der Waals surface area contributed by atoms with Gasteiger partial charge in [-0.2, -0.15) is 0 Å². The number of furan rings is 1. The number of aryl methyl sites for hydroxylation is 1. The zero-order valence-electron chi connectivity index (χ0n) is 11.1. The molecule has 0 saturated carbocycles. The van der Waals surface area contributed by atoms with Gasteiger partial charge in [0.05, 0.1) is 7.11 Å². The minimum atomic E-state index is -0.367. The zero-order chi connectivity index (χ0) is 13.8. The lowest BCUT2D eigenvalue weighted by molar-refractivity contribution is -0.134. The molecule has 1 aromatic carbocycles. The van der Waals surface area contributed by atoms with Gasteiger partial charge in [0.15, 0.2) is 0 Å². The van der Waals surface area contributed by atoms with Crippen LogP contribution in [0.15, 0.2) is 47.4 Å². The fraction of sp³-hybridized carbons (Fsp3) is 0.188. The van der Waals surface area contributed by atoms with Gasteiger partial charge in [0.2, 0.25) is 0 Å². The first-order valence-corrected chi connectivity index (χ1v) is 6.04. The van der Waals surface area contributed by atoms with Crippen LogP contribution in [0.5, 0.6) is 0 Å². The second-order valence-electron chi connectivity index (χ2n) is 4.29. The van der Waals surface area contributed by atoms with Crippen LogP contribution in [0.4, 0.5) is 0 Å². The monoisotopic (exact) mass is 256 g/mol. The van der Waals surface area contributed by atoms with Gasteiger partial charge in [0.25, 0.3) is 0 Å². The van der Waals surface area contributed by atoms with Crippen LogP contribution in [0.3, 0.4) is 0 Å². The van der Waals surface area contributed by atoms with Crippen LogP contribution < -0.4 is 0 Å². The van der Waals surface area contributed by atoms with Crippen LogP contribution in [0, 0.1) is 6.92 Å². The Hall–Kier alpha value is -2.29. The van der Waals surface area contributed by atoms with Gasteiger partial charge in [-0.15, -0.1) is 0 Å². The first kappa shape index (κ1) is 13.1. The number of carbonyl (C=O) groups excluding carboxylic acids is 1. The highest BCUT2D eigenvalue weighted by molar-refractivity contribution is 5.86. The predicted molar refractivity (Wildman–Crippen MR) is 75.8 cm³/mol. The molecule has 1 aromatic heterocycles. The third-order valence-electron chi connectivity index (χ3n) is 2.98. The number of esters is 1. The van der Waals surface area contributed by atoms with Gasteiger partial charge in [-0.1, -0.05) is 30.9 Å². The number of benzene rings is 1. The molecule has 1 heterocycles. The molecule has 3 heteroatoms. The molecule has 0 spiro atoms. The van der Waals surface area contributed by atoms with Crippen molar-refractivity contribution in [2.75, 3.05) is 7.11 Å². The highest BCUT2D eigenvalue weighted by Gasteiger charge is 2.11. The lowest BCUT2D eigenvalue weighted by atomic mass is 10.1. The zero-order valence-corrected chi connectivity index (χ0v) is 11.1. The van der Waals surface area contributed by atoms with Crippen molar-refractivity contribution in [1.82, 2.24) is 0 Å². The highest BCUT2D eigenvalue weighted by atomic mass is 16.5. The van der Waals surface area contributed by atoms with Crippen molar-refractivity contribution in [2.24, 2.45) is 0 Å². The molecule has 0 amide bonds. The smallest absolute Gasteiger partial charge is 0.330 e. The van der Waals surface area contributed by atoms with Crippen molar-refractivity contribution < 1.29 is 13.9 Å². The molecule has 0 unspecified atom stereocenters. The maximum Gasteiger partial charge on any atom is 0.330 e. The third-order valence-corrected chi connectivity index (χ3v) is 2.98. The molecule has 98 valence electrons. The Balaban J connectivity index is 2.20. The normalized spacial score (nSPS) is 11.1. The second kappa shape index (κ2) is 5.57. The Labute approximate surface area is 112 Å². The summed E-state index contributed by atoms with van der Waals surface area (Å²) < 4.78 is 10.3. The maximum atomic E-state index is 11.0. The summed E-state index contributed by atoms with van der Waals surface area (Å²) in [4.78, 5) is 11.0. The summed E-state index contributed by atoms with van der Waals surface area (Å²) >= 11 is 0. The number of hydrogen-bond acceptors (Lipinski definition) is 3. The van der Waals surface area contributed by atoms with Crippen LogP contribution in [-0.2, 0) is 9.53 Å². The fourth-order valence-electron chi connectivity index (χ4n) is 1.97. The predicted octanol–water partition coefficient (Wildman–Crippen LogP) is 3.87. The van der Waals surface area contributed by atoms with E-state index in [0.717, 1.165) is 27.9 Å². The van der Waals surface area contributed by atoms with E-state index in [2.05, 4.69) is 11.3 Å². The van der Waals surface area contributed by atoms with E-state index in [-0.39, 0.29) is 5.97 Å². The largest absolute Gasteiger partial charge is 0.466 e. The average molecular weight is 256 g/mol. The van der Waals surface area contributed by atoms with Crippen molar-refractivity contribution in [3.63, 3.8) is 0 Å². The van der Waals surface area contributed by atoms with Crippen LogP contribution in [-0.4, -0.2) is 13.1 Å². The first-order chi connectivity index (χ1) is 9.13. The Morgan fingerprint density at radius 3 is 2.84 bits per heavy atom. The molecule has 0 fully saturated rings. The number of methoxy groups -OCH3 is 1. The minimum Gasteiger partial charge on any atom is -0.466 e. The molecule has 0 radical (unpaired) electrons. The van der Waals surface area contributed by atoms with E-state index in [1.165, 1.54) is 13.2 Å². The Morgan fingerprint density at radius 1 is 1.42 bits per heavy atom. The van der Waals surface area contributed by atoms with Gasteiger partial charge in [0, 0.05) is 17.0 Å². The highest BCUT2D eigenvalue weighted by Crippen LogP contribution is 2.30. The summed E-state index contributed by atoms with van der Waals surface area (Å²) in [5.74, 6) is 0.421. The van der Waals surface area contributed by atoms with Gasteiger partial charge in [-0.05, 0) is 25.0 Å². The van der Waals surface area contributed by atoms with Gasteiger partial charge in [0.1, 0.15) is 11.3 Å². The number of allylic oxidation sites excluding steroid dienone is 2. The van der Waals surface area contributed by atoms with E-state index in [4.69, 9.17) is 4.42 Å². The van der Waals surface area contributed by atoms with Crippen LogP contribution in [0.2, 0.25) is 0 Å². The second-order valence-corrected chi connectivity index (χ2v) is 4.29. The van der Waals surface area contributed by atoms with Crippen molar-refractivity contribution in [2.45, 2.75) is 13.3 Å². The summed E-state index contributed by atoms with van der Waals surface area (Å²) in [6, 6.07) is 7.88. The topological polar surface area (TPSA) is 39.4 Å². The molecular formula is C16H16O3. The molecule has 19 heavy (non-hydrogen) atoms. The SMILES string of the molecule is C=C(C/C=C/C(=O)OC)c1oc2ccccc2c1C. The van der Waals surface area contributed by atoms with Crippen molar-refractivity contribution in [3.05, 3.63) is 54.3 Å². The average Bonchev–Trinajstić information content (AvgIpc) is 2.76. The summed E-state index contributed by atoms with van der Waals surface area (Å²) in [6.07, 6.45) is 3.67. The Kier molecular flexibility index (Phi) is 3.85. The lowest BCUT2D eigenvalue weighted by Gasteiger charge is -1.99. The van der Waals surface area contributed by atoms with Crippen LogP contribution in [0.1, 0.15) is 17.7 Å². The van der Waals surface area contributed by atoms with E-state index in [0.29, 0.717) is 6.42 Å². The molecular weight excluding hydrogens is 240 g/mol. The van der Waals surface area contributed by atoms with Gasteiger partial charge >= 0.3 is 5.97 Å². The molecule has 2 rings (SSSR count). The maximum absolute atomic E-state index is 11.0. The summed E-state index contributed by atoms with van der Waals surface area (Å²) in [6.45, 7) is 6.02. The Morgan fingerprint density at radius 2 is 2.16 bits per heavy atom. The van der Waals surface area contributed by atoms with Gasteiger partial charge in [-0.3, -0.25) is 0 Å². The number of rotatable bonds is 4. The quantitative estimate of drug-likeness (QED) is 0.615. The molecule has 0 saturated heterocycles. The van der Waals surface area contributed by atoms with Crippen LogP contribution >= 0.6 is 0 Å². The van der Waals surface area contributed by atoms with E-state index >= 15 is 0 Å². The third kappa shape index (κ3) is 2.76. The minimum absolute atomic E-state index is 0.367. The molecule has 0 aliphatic heterocycles. The fourth-order valence-corrected chi connectivity index (χ4v) is 1.97. The number of hydrogen-bond donors (Lipinski definition) is 0. The number of para-hydroxylation sites is 1. The summed E-state index contributed by atoms with van der Waals surface area (Å²) in [7, 11) is 1.35. The van der Waals surface area contributed by atoms with E-state index in [9.17, 15) is 4.79 Å². The number of fused-ring (bicyclic) bond motifs is 1. The number of ether oxygens (including phenoxy) is 1. The molecule has 0 bridgehead atoms. The van der Waals surface area contributed by atoms with Crippen molar-refractivity contribution in [3.8, 4) is 0 Å². The van der Waals surface area contributed by atoms with E-state index < -0.39 is 0 Å². The molecule has 0 atom stereocenters. The van der Waals surface area contributed by atoms with Gasteiger partial charge < -0.3 is 9.15 Å². The molecule has 0 N–H and O–H groups in total.